The van der Waals surface area contributed by atoms with Gasteiger partial charge >= 0.3 is 0 Å². The van der Waals surface area contributed by atoms with E-state index in [-0.39, 0.29) is 0 Å². The third-order valence-corrected chi connectivity index (χ3v) is 5.40. The van der Waals surface area contributed by atoms with Crippen LogP contribution in [0.4, 0.5) is 0 Å². The molecule has 4 aromatic carbocycles. The molecule has 0 aliphatic carbocycles. The lowest BCUT2D eigenvalue weighted by Crippen LogP contribution is -2.33. The molecular formula is C24H28N2. The van der Waals surface area contributed by atoms with Crippen molar-refractivity contribution in [1.29, 1.82) is 0 Å². The van der Waals surface area contributed by atoms with E-state index in [0.29, 0.717) is 0 Å². The molecule has 2 N–H and O–H groups in total. The summed E-state index contributed by atoms with van der Waals surface area (Å²) in [6, 6.07) is 20.4. The molecule has 2 heteroatoms. The molecule has 0 spiro atoms. The molecule has 2 nitrogen and oxygen atoms in total. The molecule has 0 aliphatic rings. The Hall–Kier alpha value is -2.16. The van der Waals surface area contributed by atoms with Crippen molar-refractivity contribution in [1.82, 2.24) is 10.9 Å². The molecule has 0 aromatic heterocycles. The smallest absolute Gasteiger partial charge is 0.00999 e. The molecule has 0 aliphatic heterocycles. The Morgan fingerprint density at radius 2 is 1.31 bits per heavy atom. The maximum Gasteiger partial charge on any atom is 0.00999 e. The largest absolute Gasteiger partial charge is 0.258 e. The van der Waals surface area contributed by atoms with E-state index in [4.69, 9.17) is 0 Å². The number of hydrogen-bond donors (Lipinski definition) is 2. The quantitative estimate of drug-likeness (QED) is 0.228. The minimum Gasteiger partial charge on any atom is -0.258 e. The van der Waals surface area contributed by atoms with Crippen LogP contribution < -0.4 is 10.9 Å². The van der Waals surface area contributed by atoms with Gasteiger partial charge in [-0.1, -0.05) is 67.9 Å². The molecule has 0 saturated carbocycles. The maximum absolute atomic E-state index is 3.33. The summed E-state index contributed by atoms with van der Waals surface area (Å²) < 4.78 is 0. The first-order valence-corrected chi connectivity index (χ1v) is 9.99. The second-order valence-electron chi connectivity index (χ2n) is 7.24. The van der Waals surface area contributed by atoms with Gasteiger partial charge in [0.1, 0.15) is 0 Å². The van der Waals surface area contributed by atoms with Crippen molar-refractivity contribution in [2.24, 2.45) is 0 Å². The Labute approximate surface area is 155 Å². The van der Waals surface area contributed by atoms with Crippen LogP contribution in [-0.2, 0) is 6.42 Å². The molecule has 134 valence electrons. The molecule has 0 fully saturated rings. The van der Waals surface area contributed by atoms with Crippen molar-refractivity contribution < 1.29 is 0 Å². The summed E-state index contributed by atoms with van der Waals surface area (Å²) in [6.45, 7) is 4.32. The average molecular weight is 345 g/mol. The van der Waals surface area contributed by atoms with Gasteiger partial charge in [0.15, 0.2) is 0 Å². The Kier molecular flexibility index (Phi) is 5.33. The van der Waals surface area contributed by atoms with Crippen molar-refractivity contribution in [3.05, 3.63) is 60.2 Å². The van der Waals surface area contributed by atoms with E-state index in [1.165, 1.54) is 63.6 Å². The molecule has 0 heterocycles. The number of benzene rings is 4. The average Bonchev–Trinajstić information content (AvgIpc) is 2.69. The number of hydrazine groups is 1. The second kappa shape index (κ2) is 8.03. The molecule has 0 unspecified atom stereocenters. The summed E-state index contributed by atoms with van der Waals surface area (Å²) in [4.78, 5) is 0. The van der Waals surface area contributed by atoms with Gasteiger partial charge in [-0.15, -0.1) is 0 Å². The van der Waals surface area contributed by atoms with Crippen LogP contribution in [0.5, 0.6) is 0 Å². The first-order chi connectivity index (χ1) is 12.9. The van der Waals surface area contributed by atoms with E-state index in [2.05, 4.69) is 72.4 Å². The summed E-state index contributed by atoms with van der Waals surface area (Å²) in [7, 11) is 0. The van der Waals surface area contributed by atoms with E-state index in [1.807, 2.05) is 0 Å². The highest BCUT2D eigenvalue weighted by atomic mass is 15.3. The number of unbranched alkanes of at least 4 members (excludes halogenated alkanes) is 2. The van der Waals surface area contributed by atoms with Crippen LogP contribution in [0.3, 0.4) is 0 Å². The number of aryl methyl sites for hydroxylation is 1. The Balaban J connectivity index is 1.49. The monoisotopic (exact) mass is 344 g/mol. The molecule has 4 rings (SSSR count). The molecular weight excluding hydrogens is 316 g/mol. The van der Waals surface area contributed by atoms with Gasteiger partial charge in [0, 0.05) is 13.1 Å². The Bertz CT molecular complexity index is 974. The van der Waals surface area contributed by atoms with Gasteiger partial charge in [-0.25, -0.2) is 0 Å². The van der Waals surface area contributed by atoms with Crippen molar-refractivity contribution in [2.45, 2.75) is 39.0 Å². The van der Waals surface area contributed by atoms with Gasteiger partial charge in [0.05, 0.1) is 0 Å². The van der Waals surface area contributed by atoms with E-state index in [0.717, 1.165) is 19.5 Å². The van der Waals surface area contributed by atoms with Crippen LogP contribution in [0.15, 0.2) is 54.6 Å². The summed E-state index contributed by atoms with van der Waals surface area (Å²) >= 11 is 0. The predicted molar refractivity (Wildman–Crippen MR) is 114 cm³/mol. The molecule has 4 aromatic rings. The maximum atomic E-state index is 3.33. The van der Waals surface area contributed by atoms with Crippen molar-refractivity contribution in [3.8, 4) is 0 Å². The van der Waals surface area contributed by atoms with Crippen LogP contribution in [0.25, 0.3) is 32.3 Å². The fourth-order valence-electron chi connectivity index (χ4n) is 3.98. The van der Waals surface area contributed by atoms with Crippen molar-refractivity contribution in [3.63, 3.8) is 0 Å². The highest BCUT2D eigenvalue weighted by Crippen LogP contribution is 2.36. The number of nitrogens with one attached hydrogen (secondary N) is 2. The van der Waals surface area contributed by atoms with E-state index < -0.39 is 0 Å². The standard InChI is InChI=1S/C24H28N2/c1-2-3-16-25-26-17-5-4-7-18-10-11-21-13-12-19-8-6-9-20-14-15-22(18)24(21)23(19)20/h6,8-15,25-26H,2-5,7,16-17H2,1H3. The molecule has 26 heavy (non-hydrogen) atoms. The predicted octanol–water partition coefficient (Wildman–Crippen LogP) is 5.80. The third-order valence-electron chi connectivity index (χ3n) is 5.40. The second-order valence-corrected chi connectivity index (χ2v) is 7.24. The minimum absolute atomic E-state index is 1.04. The number of rotatable bonds is 9. The fourth-order valence-corrected chi connectivity index (χ4v) is 3.98. The highest BCUT2D eigenvalue weighted by Gasteiger charge is 2.10. The third kappa shape index (κ3) is 3.40. The van der Waals surface area contributed by atoms with Crippen LogP contribution in [0.1, 0.15) is 38.2 Å². The van der Waals surface area contributed by atoms with Gasteiger partial charge in [0.2, 0.25) is 0 Å². The zero-order chi connectivity index (χ0) is 17.8. The zero-order valence-electron chi connectivity index (χ0n) is 15.6. The van der Waals surface area contributed by atoms with Gasteiger partial charge in [-0.2, -0.15) is 0 Å². The van der Waals surface area contributed by atoms with Crippen LogP contribution in [0, 0.1) is 0 Å². The highest BCUT2D eigenvalue weighted by molar-refractivity contribution is 6.23. The van der Waals surface area contributed by atoms with Crippen LogP contribution in [0.2, 0.25) is 0 Å². The van der Waals surface area contributed by atoms with E-state index in [1.54, 1.807) is 0 Å². The fraction of sp³-hybridized carbons (Fsp3) is 0.333. The normalized spacial score (nSPS) is 11.9. The van der Waals surface area contributed by atoms with Gasteiger partial charge in [0.25, 0.3) is 0 Å². The van der Waals surface area contributed by atoms with Crippen LogP contribution >= 0.6 is 0 Å². The first-order valence-electron chi connectivity index (χ1n) is 9.99. The van der Waals surface area contributed by atoms with Crippen molar-refractivity contribution in [2.75, 3.05) is 13.1 Å². The molecule has 0 atom stereocenters. The van der Waals surface area contributed by atoms with Crippen LogP contribution in [-0.4, -0.2) is 13.1 Å². The lowest BCUT2D eigenvalue weighted by Gasteiger charge is -2.14. The lowest BCUT2D eigenvalue weighted by molar-refractivity contribution is 0.501. The van der Waals surface area contributed by atoms with Gasteiger partial charge in [-0.3, -0.25) is 10.9 Å². The Morgan fingerprint density at radius 1 is 0.654 bits per heavy atom. The molecule has 0 saturated heterocycles. The van der Waals surface area contributed by atoms with E-state index in [9.17, 15) is 0 Å². The summed E-state index contributed by atoms with van der Waals surface area (Å²) in [5.74, 6) is 0. The Morgan fingerprint density at radius 3 is 2.08 bits per heavy atom. The molecule has 0 radical (unpaired) electrons. The minimum atomic E-state index is 1.04. The van der Waals surface area contributed by atoms with Gasteiger partial charge in [-0.05, 0) is 63.6 Å². The molecule has 0 amide bonds. The topological polar surface area (TPSA) is 24.1 Å². The lowest BCUT2D eigenvalue weighted by atomic mass is 9.90. The number of hydrogen-bond acceptors (Lipinski definition) is 2. The molecule has 0 bridgehead atoms. The van der Waals surface area contributed by atoms with Gasteiger partial charge < -0.3 is 0 Å². The summed E-state index contributed by atoms with van der Waals surface area (Å²) in [6.07, 6.45) is 6.03. The van der Waals surface area contributed by atoms with E-state index >= 15 is 0 Å². The SMILES string of the molecule is CCCCNNCCCCc1ccc2ccc3cccc4ccc1c2c34. The summed E-state index contributed by atoms with van der Waals surface area (Å²) in [5.41, 5.74) is 8.11. The first kappa shape index (κ1) is 17.3. The zero-order valence-corrected chi connectivity index (χ0v) is 15.6. The summed E-state index contributed by atoms with van der Waals surface area (Å²) in [5, 5.41) is 8.35. The van der Waals surface area contributed by atoms with Crippen molar-refractivity contribution >= 4 is 32.3 Å².